The first kappa shape index (κ1) is 12.3. The van der Waals surface area contributed by atoms with E-state index < -0.39 is 5.97 Å². The number of hydrogen-bond acceptors (Lipinski definition) is 3. The molecule has 0 radical (unpaired) electrons. The summed E-state index contributed by atoms with van der Waals surface area (Å²) >= 11 is 5.72. The number of fused-ring (bicyclic) bond motifs is 1. The van der Waals surface area contributed by atoms with Crippen LogP contribution in [-0.4, -0.2) is 16.2 Å². The van der Waals surface area contributed by atoms with Gasteiger partial charge in [0.2, 0.25) is 0 Å². The Morgan fingerprint density at radius 3 is 2.50 bits per heavy atom. The highest BCUT2D eigenvalue weighted by molar-refractivity contribution is 6.34. The molecule has 16 heavy (non-hydrogen) atoms. The lowest BCUT2D eigenvalue weighted by Gasteiger charge is -2.06. The molecular weight excluding hydrogens is 230 g/mol. The number of phenols is 1. The molecule has 84 valence electrons. The van der Waals surface area contributed by atoms with Crippen molar-refractivity contribution in [2.24, 2.45) is 0 Å². The third-order valence-electron chi connectivity index (χ3n) is 2.19. The van der Waals surface area contributed by atoms with E-state index in [0.717, 1.165) is 0 Å². The molecule has 0 aliphatic carbocycles. The SMILES string of the molecule is N.O=C(O)c1c(O)c(Cl)cc2ccccc12. The molecule has 5 heteroatoms. The van der Waals surface area contributed by atoms with Gasteiger partial charge < -0.3 is 16.4 Å². The van der Waals surface area contributed by atoms with E-state index in [1.165, 1.54) is 0 Å². The fraction of sp³-hybridized carbons (Fsp3) is 0. The maximum Gasteiger partial charge on any atom is 0.340 e. The standard InChI is InChI=1S/C11H7ClO3.H3N/c12-8-5-6-3-1-2-4-7(6)9(10(8)13)11(14)15;/h1-5,13H,(H,14,15);1H3. The van der Waals surface area contributed by atoms with E-state index in [-0.39, 0.29) is 22.5 Å². The molecule has 0 atom stereocenters. The van der Waals surface area contributed by atoms with Gasteiger partial charge in [-0.3, -0.25) is 0 Å². The van der Waals surface area contributed by atoms with Crippen LogP contribution in [0, 0.1) is 0 Å². The van der Waals surface area contributed by atoms with Gasteiger partial charge in [0, 0.05) is 5.39 Å². The molecule has 0 amide bonds. The van der Waals surface area contributed by atoms with Crippen LogP contribution in [0.4, 0.5) is 0 Å². The minimum Gasteiger partial charge on any atom is -0.505 e. The summed E-state index contributed by atoms with van der Waals surface area (Å²) in [7, 11) is 0. The number of benzene rings is 2. The lowest BCUT2D eigenvalue weighted by atomic mass is 10.0. The molecule has 2 aromatic carbocycles. The summed E-state index contributed by atoms with van der Waals surface area (Å²) in [5.74, 6) is -1.57. The summed E-state index contributed by atoms with van der Waals surface area (Å²) in [6.07, 6.45) is 0. The monoisotopic (exact) mass is 239 g/mol. The van der Waals surface area contributed by atoms with E-state index in [1.54, 1.807) is 30.3 Å². The van der Waals surface area contributed by atoms with Crippen molar-refractivity contribution >= 4 is 28.3 Å². The Kier molecular flexibility index (Phi) is 3.37. The van der Waals surface area contributed by atoms with Crippen molar-refractivity contribution in [2.75, 3.05) is 0 Å². The molecule has 0 aliphatic heterocycles. The first-order chi connectivity index (χ1) is 7.11. The Balaban J connectivity index is 0.00000128. The smallest absolute Gasteiger partial charge is 0.340 e. The number of carboxylic acid groups (broad SMARTS) is 1. The number of halogens is 1. The topological polar surface area (TPSA) is 92.5 Å². The van der Waals surface area contributed by atoms with Crippen LogP contribution in [-0.2, 0) is 0 Å². The van der Waals surface area contributed by atoms with Crippen LogP contribution in [0.1, 0.15) is 10.4 Å². The second-order valence-corrected chi connectivity index (χ2v) is 3.52. The minimum absolute atomic E-state index is 0. The van der Waals surface area contributed by atoms with Gasteiger partial charge in [0.25, 0.3) is 0 Å². The van der Waals surface area contributed by atoms with Crippen LogP contribution in [0.3, 0.4) is 0 Å². The van der Waals surface area contributed by atoms with E-state index in [1.807, 2.05) is 0 Å². The predicted octanol–water partition coefficient (Wildman–Crippen LogP) is 3.06. The van der Waals surface area contributed by atoms with Gasteiger partial charge in [0.1, 0.15) is 11.3 Å². The summed E-state index contributed by atoms with van der Waals surface area (Å²) < 4.78 is 0. The molecule has 0 fully saturated rings. The molecule has 0 unspecified atom stereocenters. The third kappa shape index (κ3) is 1.80. The number of carbonyl (C=O) groups is 1. The molecule has 0 saturated carbocycles. The minimum atomic E-state index is -1.19. The molecule has 0 heterocycles. The number of carboxylic acids is 1. The Hall–Kier alpha value is -1.78. The first-order valence-corrected chi connectivity index (χ1v) is 4.62. The van der Waals surface area contributed by atoms with E-state index >= 15 is 0 Å². The fourth-order valence-electron chi connectivity index (χ4n) is 1.52. The molecule has 0 aromatic heterocycles. The van der Waals surface area contributed by atoms with Crippen molar-refractivity contribution in [3.63, 3.8) is 0 Å². The Bertz CT molecular complexity index is 554. The summed E-state index contributed by atoms with van der Waals surface area (Å²) in [5.41, 5.74) is -0.155. The van der Waals surface area contributed by atoms with Gasteiger partial charge in [-0.1, -0.05) is 35.9 Å². The molecule has 5 N–H and O–H groups in total. The largest absolute Gasteiger partial charge is 0.505 e. The Labute approximate surface area is 96.7 Å². The van der Waals surface area contributed by atoms with Crippen molar-refractivity contribution in [3.8, 4) is 5.75 Å². The van der Waals surface area contributed by atoms with Gasteiger partial charge in [-0.15, -0.1) is 0 Å². The number of aromatic carboxylic acids is 1. The quantitative estimate of drug-likeness (QED) is 0.713. The third-order valence-corrected chi connectivity index (χ3v) is 2.48. The van der Waals surface area contributed by atoms with Crippen molar-refractivity contribution in [3.05, 3.63) is 40.9 Å². The summed E-state index contributed by atoms with van der Waals surface area (Å²) in [6.45, 7) is 0. The van der Waals surface area contributed by atoms with Gasteiger partial charge >= 0.3 is 5.97 Å². The Morgan fingerprint density at radius 2 is 1.88 bits per heavy atom. The molecule has 2 aromatic rings. The van der Waals surface area contributed by atoms with Gasteiger partial charge in [-0.25, -0.2) is 4.79 Å². The molecular formula is C11H10ClNO3. The van der Waals surface area contributed by atoms with Crippen molar-refractivity contribution in [1.82, 2.24) is 6.15 Å². The van der Waals surface area contributed by atoms with Gasteiger partial charge in [0.05, 0.1) is 5.02 Å². The zero-order valence-corrected chi connectivity index (χ0v) is 9.03. The number of rotatable bonds is 1. The normalized spacial score (nSPS) is 9.81. The summed E-state index contributed by atoms with van der Waals surface area (Å²) in [6, 6.07) is 8.41. The van der Waals surface area contributed by atoms with Crippen molar-refractivity contribution in [1.29, 1.82) is 0 Å². The van der Waals surface area contributed by atoms with Gasteiger partial charge in [-0.05, 0) is 11.5 Å². The van der Waals surface area contributed by atoms with Crippen molar-refractivity contribution < 1.29 is 15.0 Å². The highest BCUT2D eigenvalue weighted by atomic mass is 35.5. The van der Waals surface area contributed by atoms with E-state index in [9.17, 15) is 9.90 Å². The molecule has 0 spiro atoms. The molecule has 0 aliphatic rings. The van der Waals surface area contributed by atoms with Crippen LogP contribution in [0.25, 0.3) is 10.8 Å². The highest BCUT2D eigenvalue weighted by Gasteiger charge is 2.16. The number of aromatic hydroxyl groups is 1. The number of hydrogen-bond donors (Lipinski definition) is 3. The second-order valence-electron chi connectivity index (χ2n) is 3.11. The maximum atomic E-state index is 11.0. The zero-order chi connectivity index (χ0) is 11.0. The molecule has 4 nitrogen and oxygen atoms in total. The van der Waals surface area contributed by atoms with Crippen LogP contribution < -0.4 is 6.15 Å². The van der Waals surface area contributed by atoms with Crippen LogP contribution in [0.5, 0.6) is 5.75 Å². The maximum absolute atomic E-state index is 11.0. The highest BCUT2D eigenvalue weighted by Crippen LogP contribution is 2.34. The zero-order valence-electron chi connectivity index (χ0n) is 8.27. The van der Waals surface area contributed by atoms with Gasteiger partial charge in [0.15, 0.2) is 0 Å². The van der Waals surface area contributed by atoms with Crippen molar-refractivity contribution in [2.45, 2.75) is 0 Å². The summed E-state index contributed by atoms with van der Waals surface area (Å²) in [5, 5.41) is 19.7. The van der Waals surface area contributed by atoms with Crippen LogP contribution in [0.2, 0.25) is 5.02 Å². The predicted molar refractivity (Wildman–Crippen MR) is 62.6 cm³/mol. The van der Waals surface area contributed by atoms with Crippen LogP contribution in [0.15, 0.2) is 30.3 Å². The lowest BCUT2D eigenvalue weighted by molar-refractivity contribution is 0.0696. The van der Waals surface area contributed by atoms with E-state index in [4.69, 9.17) is 16.7 Å². The average molecular weight is 240 g/mol. The molecule has 0 saturated heterocycles. The average Bonchev–Trinajstić information content (AvgIpc) is 2.19. The van der Waals surface area contributed by atoms with E-state index in [0.29, 0.717) is 10.8 Å². The fourth-order valence-corrected chi connectivity index (χ4v) is 1.73. The van der Waals surface area contributed by atoms with Crippen LogP contribution >= 0.6 is 11.6 Å². The van der Waals surface area contributed by atoms with Gasteiger partial charge in [-0.2, -0.15) is 0 Å². The first-order valence-electron chi connectivity index (χ1n) is 4.25. The lowest BCUT2D eigenvalue weighted by Crippen LogP contribution is -1.98. The second kappa shape index (κ2) is 4.38. The Morgan fingerprint density at radius 1 is 1.25 bits per heavy atom. The van der Waals surface area contributed by atoms with E-state index in [2.05, 4.69) is 0 Å². The molecule has 2 rings (SSSR count). The molecule has 0 bridgehead atoms. The summed E-state index contributed by atoms with van der Waals surface area (Å²) in [4.78, 5) is 11.0.